The van der Waals surface area contributed by atoms with Crippen molar-refractivity contribution in [1.82, 2.24) is 19.6 Å². The number of rotatable bonds is 15. The van der Waals surface area contributed by atoms with Crippen molar-refractivity contribution in [3.63, 3.8) is 0 Å². The predicted molar refractivity (Wildman–Crippen MR) is 139 cm³/mol. The van der Waals surface area contributed by atoms with Crippen LogP contribution in [0.25, 0.3) is 0 Å². The Morgan fingerprint density at radius 1 is 0.786 bits per heavy atom. The number of carbonyl (C=O) groups excluding carboxylic acids is 3. The van der Waals surface area contributed by atoms with Crippen molar-refractivity contribution in [2.45, 2.75) is 19.4 Å². The second-order valence-electron chi connectivity index (χ2n) is 9.74. The number of ether oxygens (including phenoxy) is 2. The minimum Gasteiger partial charge on any atom is -0.549 e. The maximum Gasteiger partial charge on any atom is 3.00 e. The van der Waals surface area contributed by atoms with Crippen LogP contribution in [-0.2, 0) is 30.3 Å². The number of hydrogen-bond donors (Lipinski definition) is 1. The van der Waals surface area contributed by atoms with E-state index >= 15 is 0 Å². The minimum atomic E-state index is -1.32. The Kier molecular flexibility index (Phi) is 18.9. The summed E-state index contributed by atoms with van der Waals surface area (Å²) in [6.45, 7) is 2.67. The second kappa shape index (κ2) is 20.8. The van der Waals surface area contributed by atoms with Crippen LogP contribution in [0.15, 0.2) is 24.3 Å². The first kappa shape index (κ1) is 38.0. The van der Waals surface area contributed by atoms with Crippen molar-refractivity contribution in [1.29, 1.82) is 0 Å². The van der Waals surface area contributed by atoms with Crippen LogP contribution in [0, 0.1) is 39.9 Å². The molecule has 0 spiro atoms. The second-order valence-corrected chi connectivity index (χ2v) is 9.74. The van der Waals surface area contributed by atoms with Gasteiger partial charge in [-0.25, -0.2) is 0 Å². The van der Waals surface area contributed by atoms with Gasteiger partial charge in [-0.1, -0.05) is 12.1 Å². The summed E-state index contributed by atoms with van der Waals surface area (Å²) in [6, 6.07) is 6.45. The quantitative estimate of drug-likeness (QED) is 0.170. The molecule has 1 saturated heterocycles. The summed E-state index contributed by atoms with van der Waals surface area (Å²) in [5.74, 6) is -4.32. The first-order valence-electron chi connectivity index (χ1n) is 13.6. The van der Waals surface area contributed by atoms with E-state index in [4.69, 9.17) is 9.47 Å². The third-order valence-corrected chi connectivity index (χ3v) is 6.70. The maximum absolute atomic E-state index is 12.3. The molecule has 14 nitrogen and oxygen atoms in total. The van der Waals surface area contributed by atoms with Gasteiger partial charge in [0.1, 0.15) is 11.8 Å². The Labute approximate surface area is 277 Å². The van der Waals surface area contributed by atoms with Crippen molar-refractivity contribution in [2.75, 3.05) is 91.8 Å². The molecule has 15 heteroatoms. The number of aliphatic carboxylic acids is 4. The van der Waals surface area contributed by atoms with Crippen LogP contribution in [-0.4, -0.2) is 146 Å². The molecule has 1 radical (unpaired) electrons. The van der Waals surface area contributed by atoms with Gasteiger partial charge in [-0.2, -0.15) is 0 Å². The molecule has 1 atom stereocenters. The summed E-state index contributed by atoms with van der Waals surface area (Å²) >= 11 is 0. The Hall–Kier alpha value is -1.98. The molecule has 0 bridgehead atoms. The van der Waals surface area contributed by atoms with Crippen molar-refractivity contribution in [3.05, 3.63) is 29.8 Å². The molecule has 1 heterocycles. The largest absolute Gasteiger partial charge is 3.00 e. The molecule has 1 aliphatic rings. The molecule has 1 aromatic rings. The van der Waals surface area contributed by atoms with Crippen LogP contribution in [0.5, 0.6) is 5.75 Å². The van der Waals surface area contributed by atoms with E-state index in [0.717, 1.165) is 11.3 Å². The molecule has 1 unspecified atom stereocenters. The molecule has 2 rings (SSSR count). The number of carboxylic acid groups (broad SMARTS) is 4. The topological polar surface area (TPSA) is 189 Å². The van der Waals surface area contributed by atoms with Crippen LogP contribution >= 0.6 is 0 Å². The standard InChI is InChI=1S/C27H42N4O10.Gd/c1-2-41-22-5-3-21(4-6-22)7-16-40-20-23(27(38)39)31-14-12-29(18-25(34)35)10-8-28(17-24(32)33)9-11-30(13-15-31)19-26(36)37;/h3-6,23H,2,7-20H2,1H3,(H,32,33)(H,34,35)(H,36,37)(H,38,39);/q;+3/p-3. The molecule has 0 amide bonds. The Morgan fingerprint density at radius 2 is 1.21 bits per heavy atom. The SMILES string of the molecule is CCOc1ccc(CCOCC(C(=O)O)N2CCN(CC(=O)[O-])CCN(CC(=O)[O-])CCN(CC(=O)[O-])CC2)cc1.[Gd+3]. The Bertz CT molecular complexity index is 952. The van der Waals surface area contributed by atoms with Gasteiger partial charge in [0.05, 0.1) is 37.7 Å². The fourth-order valence-corrected chi connectivity index (χ4v) is 4.52. The molecule has 0 saturated carbocycles. The summed E-state index contributed by atoms with van der Waals surface area (Å²) in [5, 5.41) is 43.9. The zero-order chi connectivity index (χ0) is 30.2. The van der Waals surface area contributed by atoms with E-state index in [-0.39, 0.29) is 106 Å². The first-order chi connectivity index (χ1) is 19.6. The monoisotopic (exact) mass is 737 g/mol. The molecule has 1 fully saturated rings. The van der Waals surface area contributed by atoms with E-state index in [0.29, 0.717) is 13.0 Å². The van der Waals surface area contributed by atoms with Gasteiger partial charge in [-0.05, 0) is 31.0 Å². The Morgan fingerprint density at radius 3 is 1.60 bits per heavy atom. The van der Waals surface area contributed by atoms with E-state index < -0.39 is 49.6 Å². The van der Waals surface area contributed by atoms with Crippen molar-refractivity contribution >= 4 is 23.9 Å². The van der Waals surface area contributed by atoms with Gasteiger partial charge in [0.2, 0.25) is 0 Å². The van der Waals surface area contributed by atoms with Gasteiger partial charge in [0.15, 0.2) is 0 Å². The molecular formula is C27H39GdN4O10. The number of hydrogen-bond acceptors (Lipinski definition) is 13. The minimum absolute atomic E-state index is 0. The van der Waals surface area contributed by atoms with Crippen LogP contribution < -0.4 is 20.1 Å². The summed E-state index contributed by atoms with van der Waals surface area (Å²) in [4.78, 5) is 52.4. The third-order valence-electron chi connectivity index (χ3n) is 6.70. The molecule has 1 N–H and O–H groups in total. The zero-order valence-corrected chi connectivity index (χ0v) is 26.0. The van der Waals surface area contributed by atoms with E-state index in [1.54, 1.807) is 14.7 Å². The Balaban J connectivity index is 0.00000882. The third kappa shape index (κ3) is 15.5. The van der Waals surface area contributed by atoms with Crippen LogP contribution in [0.2, 0.25) is 0 Å². The van der Waals surface area contributed by atoms with Crippen molar-refractivity contribution in [2.24, 2.45) is 0 Å². The number of benzene rings is 1. The van der Waals surface area contributed by atoms with Gasteiger partial charge in [-0.15, -0.1) is 0 Å². The molecule has 0 aromatic heterocycles. The average molecular weight is 737 g/mol. The van der Waals surface area contributed by atoms with E-state index in [9.17, 15) is 39.6 Å². The average Bonchev–Trinajstić information content (AvgIpc) is 2.89. The zero-order valence-electron chi connectivity index (χ0n) is 23.8. The fourth-order valence-electron chi connectivity index (χ4n) is 4.52. The van der Waals surface area contributed by atoms with Crippen molar-refractivity contribution in [3.8, 4) is 5.75 Å². The molecule has 1 aromatic carbocycles. The molecule has 42 heavy (non-hydrogen) atoms. The number of carboxylic acids is 4. The van der Waals surface area contributed by atoms with Gasteiger partial charge in [0, 0.05) is 72.0 Å². The molecular weight excluding hydrogens is 698 g/mol. The smallest absolute Gasteiger partial charge is 0.549 e. The summed E-state index contributed by atoms with van der Waals surface area (Å²) in [5.41, 5.74) is 0.996. The van der Waals surface area contributed by atoms with Gasteiger partial charge < -0.3 is 44.3 Å². The summed E-state index contributed by atoms with van der Waals surface area (Å²) < 4.78 is 11.2. The van der Waals surface area contributed by atoms with E-state index in [2.05, 4.69) is 0 Å². The summed E-state index contributed by atoms with van der Waals surface area (Å²) in [7, 11) is 0. The fraction of sp³-hybridized carbons (Fsp3) is 0.630. The van der Waals surface area contributed by atoms with Crippen LogP contribution in [0.3, 0.4) is 0 Å². The van der Waals surface area contributed by atoms with Crippen LogP contribution in [0.1, 0.15) is 12.5 Å². The van der Waals surface area contributed by atoms with E-state index in [1.165, 1.54) is 4.90 Å². The molecule has 0 aliphatic carbocycles. The predicted octanol–water partition coefficient (Wildman–Crippen LogP) is -4.43. The summed E-state index contributed by atoms with van der Waals surface area (Å²) in [6.07, 6.45) is 0.555. The molecule has 235 valence electrons. The van der Waals surface area contributed by atoms with Gasteiger partial charge >= 0.3 is 45.9 Å². The maximum atomic E-state index is 12.3. The first-order valence-corrected chi connectivity index (χ1v) is 13.6. The van der Waals surface area contributed by atoms with Crippen molar-refractivity contribution < 1.29 is 89.0 Å². The molecule has 1 aliphatic heterocycles. The van der Waals surface area contributed by atoms with E-state index in [1.807, 2.05) is 31.2 Å². The van der Waals surface area contributed by atoms with Crippen LogP contribution in [0.4, 0.5) is 0 Å². The van der Waals surface area contributed by atoms with Gasteiger partial charge in [-0.3, -0.25) is 24.4 Å². The normalized spacial score (nSPS) is 17.3. The van der Waals surface area contributed by atoms with Gasteiger partial charge in [0.25, 0.3) is 0 Å². The number of carbonyl (C=O) groups is 4. The number of nitrogens with zero attached hydrogens (tertiary/aromatic N) is 4.